The lowest BCUT2D eigenvalue weighted by molar-refractivity contribution is -0.109. The summed E-state index contributed by atoms with van der Waals surface area (Å²) in [4.78, 5) is 10.9. The largest absolute Gasteiger partial charge is 0.444 e. The summed E-state index contributed by atoms with van der Waals surface area (Å²) in [5, 5.41) is 0. The van der Waals surface area contributed by atoms with Crippen LogP contribution in [0.25, 0.3) is 0 Å². The first-order valence-electron chi connectivity index (χ1n) is 5.82. The molecule has 4 saturated carbocycles. The summed E-state index contributed by atoms with van der Waals surface area (Å²) in [6, 6.07) is 0. The second-order valence-corrected chi connectivity index (χ2v) is 5.70. The van der Waals surface area contributed by atoms with Gasteiger partial charge in [-0.05, 0) is 49.9 Å². The SMILES string of the molecule is NC(=O)OC1C2CC3CC(C2)CC1(N)C3. The van der Waals surface area contributed by atoms with E-state index in [2.05, 4.69) is 0 Å². The zero-order chi connectivity index (χ0) is 10.6. The number of carbonyl (C=O) groups excluding carboxylic acids is 1. The number of rotatable bonds is 1. The third kappa shape index (κ3) is 1.34. The van der Waals surface area contributed by atoms with Crippen LogP contribution in [0.2, 0.25) is 0 Å². The predicted molar refractivity (Wildman–Crippen MR) is 54.9 cm³/mol. The molecule has 0 aliphatic heterocycles. The molecule has 0 saturated heterocycles. The van der Waals surface area contributed by atoms with Gasteiger partial charge in [0.15, 0.2) is 0 Å². The molecule has 4 aliphatic rings. The maximum atomic E-state index is 10.9. The van der Waals surface area contributed by atoms with Crippen molar-refractivity contribution in [3.8, 4) is 0 Å². The monoisotopic (exact) mass is 210 g/mol. The number of hydrogen-bond donors (Lipinski definition) is 2. The van der Waals surface area contributed by atoms with E-state index in [9.17, 15) is 4.79 Å². The Morgan fingerprint density at radius 2 is 1.80 bits per heavy atom. The van der Waals surface area contributed by atoms with Crippen LogP contribution < -0.4 is 11.5 Å². The highest BCUT2D eigenvalue weighted by molar-refractivity contribution is 5.65. The summed E-state index contributed by atoms with van der Waals surface area (Å²) in [6.45, 7) is 0. The molecular formula is C11H18N2O2. The van der Waals surface area contributed by atoms with E-state index in [1.807, 2.05) is 0 Å². The van der Waals surface area contributed by atoms with Crippen molar-refractivity contribution in [1.82, 2.24) is 0 Å². The van der Waals surface area contributed by atoms with Crippen molar-refractivity contribution < 1.29 is 9.53 Å². The van der Waals surface area contributed by atoms with Crippen LogP contribution in [0.3, 0.4) is 0 Å². The fourth-order valence-electron chi connectivity index (χ4n) is 4.40. The molecule has 0 aromatic heterocycles. The number of amides is 1. The highest BCUT2D eigenvalue weighted by atomic mass is 16.6. The number of carbonyl (C=O) groups is 1. The second kappa shape index (κ2) is 2.88. The van der Waals surface area contributed by atoms with Crippen LogP contribution in [0.15, 0.2) is 0 Å². The molecule has 15 heavy (non-hydrogen) atoms. The molecule has 4 aliphatic carbocycles. The van der Waals surface area contributed by atoms with Crippen molar-refractivity contribution >= 4 is 6.09 Å². The standard InChI is InChI=1S/C11H18N2O2/c12-10(14)15-9-8-2-6-1-7(3-8)5-11(9,13)4-6/h6-9H,1-5,13H2,(H2,12,14). The first-order chi connectivity index (χ1) is 7.07. The van der Waals surface area contributed by atoms with E-state index >= 15 is 0 Å². The van der Waals surface area contributed by atoms with Gasteiger partial charge in [-0.3, -0.25) is 0 Å². The van der Waals surface area contributed by atoms with Crippen molar-refractivity contribution in [1.29, 1.82) is 0 Å². The molecule has 4 bridgehead atoms. The number of hydrogen-bond acceptors (Lipinski definition) is 3. The Morgan fingerprint density at radius 1 is 1.20 bits per heavy atom. The predicted octanol–water partition coefficient (Wildman–Crippen LogP) is 0.988. The van der Waals surface area contributed by atoms with Crippen LogP contribution in [-0.2, 0) is 4.74 Å². The van der Waals surface area contributed by atoms with Gasteiger partial charge < -0.3 is 16.2 Å². The van der Waals surface area contributed by atoms with Crippen LogP contribution in [0, 0.1) is 17.8 Å². The highest BCUT2D eigenvalue weighted by Gasteiger charge is 2.56. The van der Waals surface area contributed by atoms with Gasteiger partial charge >= 0.3 is 6.09 Å². The summed E-state index contributed by atoms with van der Waals surface area (Å²) in [5.74, 6) is 1.99. The van der Waals surface area contributed by atoms with Crippen LogP contribution in [0.1, 0.15) is 32.1 Å². The van der Waals surface area contributed by atoms with Crippen LogP contribution in [-0.4, -0.2) is 17.7 Å². The molecule has 84 valence electrons. The Balaban J connectivity index is 1.86. The van der Waals surface area contributed by atoms with Crippen LogP contribution in [0.4, 0.5) is 4.79 Å². The van der Waals surface area contributed by atoms with E-state index in [0.29, 0.717) is 5.92 Å². The Bertz CT molecular complexity index is 291. The smallest absolute Gasteiger partial charge is 0.404 e. The Kier molecular flexibility index (Phi) is 1.81. The minimum atomic E-state index is -0.669. The molecule has 0 aromatic rings. The van der Waals surface area contributed by atoms with Crippen LogP contribution in [0.5, 0.6) is 0 Å². The first kappa shape index (κ1) is 9.46. The minimum Gasteiger partial charge on any atom is -0.444 e. The quantitative estimate of drug-likeness (QED) is 0.677. The van der Waals surface area contributed by atoms with Gasteiger partial charge in [0.2, 0.25) is 0 Å². The third-order valence-electron chi connectivity index (χ3n) is 4.51. The van der Waals surface area contributed by atoms with Crippen LogP contribution >= 0.6 is 0 Å². The van der Waals surface area contributed by atoms with Crippen molar-refractivity contribution in [2.45, 2.75) is 43.7 Å². The highest BCUT2D eigenvalue weighted by Crippen LogP contribution is 2.55. The summed E-state index contributed by atoms with van der Waals surface area (Å²) in [6.07, 6.45) is 4.91. The zero-order valence-corrected chi connectivity index (χ0v) is 8.82. The molecule has 0 spiro atoms. The van der Waals surface area contributed by atoms with Gasteiger partial charge in [0, 0.05) is 0 Å². The number of primary amides is 1. The van der Waals surface area contributed by atoms with Crippen molar-refractivity contribution in [3.05, 3.63) is 0 Å². The maximum absolute atomic E-state index is 10.9. The Labute approximate surface area is 89.3 Å². The van der Waals surface area contributed by atoms with E-state index in [1.54, 1.807) is 0 Å². The fourth-order valence-corrected chi connectivity index (χ4v) is 4.40. The van der Waals surface area contributed by atoms with E-state index in [-0.39, 0.29) is 11.6 Å². The lowest BCUT2D eigenvalue weighted by Crippen LogP contribution is -2.66. The third-order valence-corrected chi connectivity index (χ3v) is 4.51. The summed E-state index contributed by atoms with van der Waals surface area (Å²) in [5.41, 5.74) is 11.2. The van der Waals surface area contributed by atoms with Crippen molar-refractivity contribution in [3.63, 3.8) is 0 Å². The van der Waals surface area contributed by atoms with Gasteiger partial charge in [0.1, 0.15) is 6.10 Å². The summed E-state index contributed by atoms with van der Waals surface area (Å²) in [7, 11) is 0. The molecule has 3 atom stereocenters. The first-order valence-corrected chi connectivity index (χ1v) is 5.82. The van der Waals surface area contributed by atoms with Gasteiger partial charge in [-0.25, -0.2) is 4.79 Å². The Hall–Kier alpha value is -0.770. The van der Waals surface area contributed by atoms with E-state index < -0.39 is 6.09 Å². The topological polar surface area (TPSA) is 78.3 Å². The summed E-state index contributed by atoms with van der Waals surface area (Å²) >= 11 is 0. The van der Waals surface area contributed by atoms with Crippen molar-refractivity contribution in [2.75, 3.05) is 0 Å². The van der Waals surface area contributed by atoms with Crippen molar-refractivity contribution in [2.24, 2.45) is 29.2 Å². The molecule has 1 amide bonds. The molecule has 4 heteroatoms. The lowest BCUT2D eigenvalue weighted by Gasteiger charge is -2.58. The van der Waals surface area contributed by atoms with Gasteiger partial charge in [-0.15, -0.1) is 0 Å². The molecule has 4 fully saturated rings. The van der Waals surface area contributed by atoms with E-state index in [1.165, 1.54) is 19.3 Å². The molecule has 3 unspecified atom stereocenters. The van der Waals surface area contributed by atoms with Gasteiger partial charge in [0.25, 0.3) is 0 Å². The lowest BCUT2D eigenvalue weighted by atomic mass is 9.52. The minimum absolute atomic E-state index is 0.122. The fraction of sp³-hybridized carbons (Fsp3) is 0.909. The average Bonchev–Trinajstić information content (AvgIpc) is 2.09. The molecule has 0 radical (unpaired) electrons. The van der Waals surface area contributed by atoms with Gasteiger partial charge in [0.05, 0.1) is 5.54 Å². The average molecular weight is 210 g/mol. The summed E-state index contributed by atoms with van der Waals surface area (Å²) < 4.78 is 5.24. The van der Waals surface area contributed by atoms with E-state index in [4.69, 9.17) is 16.2 Å². The molecular weight excluding hydrogens is 192 g/mol. The number of ether oxygens (including phenoxy) is 1. The van der Waals surface area contributed by atoms with Gasteiger partial charge in [-0.1, -0.05) is 0 Å². The Morgan fingerprint density at radius 3 is 2.27 bits per heavy atom. The maximum Gasteiger partial charge on any atom is 0.404 e. The molecule has 4 N–H and O–H groups in total. The normalized spacial score (nSPS) is 51.8. The molecule has 0 aromatic carbocycles. The molecule has 0 heterocycles. The van der Waals surface area contributed by atoms with E-state index in [0.717, 1.165) is 24.7 Å². The number of nitrogens with two attached hydrogens (primary N) is 2. The molecule has 4 nitrogen and oxygen atoms in total. The van der Waals surface area contributed by atoms with Gasteiger partial charge in [-0.2, -0.15) is 0 Å². The molecule has 4 rings (SSSR count). The second-order valence-electron chi connectivity index (χ2n) is 5.70. The zero-order valence-electron chi connectivity index (χ0n) is 8.82.